The minimum Gasteiger partial charge on any atom is -0.497 e. The van der Waals surface area contributed by atoms with Crippen LogP contribution in [0.3, 0.4) is 0 Å². The van der Waals surface area contributed by atoms with Gasteiger partial charge in [-0.25, -0.2) is 18.4 Å². The third kappa shape index (κ3) is 5.68. The Morgan fingerprint density at radius 1 is 0.872 bits per heavy atom. The molecule has 9 nitrogen and oxygen atoms in total. The first-order chi connectivity index (χ1) is 18.9. The van der Waals surface area contributed by atoms with Crippen molar-refractivity contribution >= 4 is 26.7 Å². The van der Waals surface area contributed by atoms with E-state index in [0.717, 1.165) is 28.0 Å². The summed E-state index contributed by atoms with van der Waals surface area (Å²) in [6.45, 7) is 4.58. The first kappa shape index (κ1) is 26.9. The minimum atomic E-state index is -3.58. The number of ether oxygens (including phenoxy) is 2. The Labute approximate surface area is 229 Å². The van der Waals surface area contributed by atoms with Gasteiger partial charge in [-0.3, -0.25) is 4.90 Å². The van der Waals surface area contributed by atoms with Crippen LogP contribution < -0.4 is 14.8 Å². The van der Waals surface area contributed by atoms with E-state index in [9.17, 15) is 8.42 Å². The highest BCUT2D eigenvalue weighted by Gasteiger charge is 2.31. The summed E-state index contributed by atoms with van der Waals surface area (Å²) in [7, 11) is -0.351. The molecule has 1 saturated heterocycles. The summed E-state index contributed by atoms with van der Waals surface area (Å²) in [6.07, 6.45) is 0. The van der Waals surface area contributed by atoms with Gasteiger partial charge in [0.1, 0.15) is 23.1 Å². The molecule has 1 aliphatic rings. The number of benzene rings is 3. The number of anilines is 1. The van der Waals surface area contributed by atoms with Crippen molar-refractivity contribution in [3.8, 4) is 11.5 Å². The molecule has 1 fully saturated rings. The van der Waals surface area contributed by atoms with Gasteiger partial charge in [-0.2, -0.15) is 4.31 Å². The van der Waals surface area contributed by atoms with E-state index in [0.29, 0.717) is 44.3 Å². The van der Waals surface area contributed by atoms with Crippen LogP contribution in [-0.4, -0.2) is 68.0 Å². The number of sulfonamides is 1. The lowest BCUT2D eigenvalue weighted by atomic mass is 10.1. The lowest BCUT2D eigenvalue weighted by Crippen LogP contribution is -2.49. The second kappa shape index (κ2) is 11.6. The van der Waals surface area contributed by atoms with Crippen LogP contribution in [0, 0.1) is 0 Å². The van der Waals surface area contributed by atoms with Gasteiger partial charge < -0.3 is 14.8 Å². The van der Waals surface area contributed by atoms with Gasteiger partial charge in [0, 0.05) is 43.7 Å². The normalized spacial score (nSPS) is 15.7. The molecular weight excluding hydrogens is 514 g/mol. The number of fused-ring (bicyclic) bond motifs is 1. The first-order valence-corrected chi connectivity index (χ1v) is 14.4. The third-order valence-electron chi connectivity index (χ3n) is 7.15. The molecule has 0 unspecified atom stereocenters. The molecule has 10 heteroatoms. The number of nitrogens with one attached hydrogen (secondary N) is 1. The molecule has 5 rings (SSSR count). The molecule has 1 aliphatic heterocycles. The fourth-order valence-electron chi connectivity index (χ4n) is 4.84. The minimum absolute atomic E-state index is 0.0905. The van der Waals surface area contributed by atoms with E-state index in [2.05, 4.69) is 17.1 Å². The lowest BCUT2D eigenvalue weighted by Gasteiger charge is -2.36. The Morgan fingerprint density at radius 2 is 1.56 bits per heavy atom. The highest BCUT2D eigenvalue weighted by molar-refractivity contribution is 7.89. The van der Waals surface area contributed by atoms with E-state index in [-0.39, 0.29) is 10.9 Å². The van der Waals surface area contributed by atoms with E-state index in [1.165, 1.54) is 0 Å². The predicted molar refractivity (Wildman–Crippen MR) is 152 cm³/mol. The van der Waals surface area contributed by atoms with Gasteiger partial charge in [0.05, 0.1) is 30.7 Å². The molecule has 0 amide bonds. The maximum Gasteiger partial charge on any atom is 0.243 e. The van der Waals surface area contributed by atoms with E-state index in [4.69, 9.17) is 19.4 Å². The SMILES string of the molecule is COc1ccc(S(=O)(=O)N2CCN([C@@H](C)c3nc(NCc4ccccc4OC)c4ccccc4n3)CC2)cc1. The Kier molecular flexibility index (Phi) is 7.97. The van der Waals surface area contributed by atoms with Crippen LogP contribution in [0.15, 0.2) is 77.7 Å². The molecule has 0 aliphatic carbocycles. The molecular formula is C29H33N5O4S. The Morgan fingerprint density at radius 3 is 2.28 bits per heavy atom. The first-order valence-electron chi connectivity index (χ1n) is 12.9. The number of hydrogen-bond acceptors (Lipinski definition) is 8. The Bertz CT molecular complexity index is 1540. The Balaban J connectivity index is 1.32. The second-order valence-corrected chi connectivity index (χ2v) is 11.3. The zero-order valence-electron chi connectivity index (χ0n) is 22.4. The molecule has 0 saturated carbocycles. The highest BCUT2D eigenvalue weighted by Crippen LogP contribution is 2.28. The van der Waals surface area contributed by atoms with Gasteiger partial charge in [-0.1, -0.05) is 30.3 Å². The van der Waals surface area contributed by atoms with E-state index < -0.39 is 10.0 Å². The number of rotatable bonds is 9. The lowest BCUT2D eigenvalue weighted by molar-refractivity contribution is 0.141. The molecule has 1 N–H and O–H groups in total. The van der Waals surface area contributed by atoms with E-state index >= 15 is 0 Å². The summed E-state index contributed by atoms with van der Waals surface area (Å²) in [5.41, 5.74) is 1.89. The average Bonchev–Trinajstić information content (AvgIpc) is 2.99. The van der Waals surface area contributed by atoms with Crippen molar-refractivity contribution in [3.05, 3.63) is 84.2 Å². The maximum absolute atomic E-state index is 13.2. The Hall–Kier alpha value is -3.73. The van der Waals surface area contributed by atoms with Crippen LogP contribution in [0.5, 0.6) is 11.5 Å². The molecule has 3 aromatic carbocycles. The smallest absolute Gasteiger partial charge is 0.243 e. The topological polar surface area (TPSA) is 96.9 Å². The number of para-hydroxylation sites is 2. The molecule has 1 aromatic heterocycles. The number of hydrogen-bond donors (Lipinski definition) is 1. The zero-order valence-corrected chi connectivity index (χ0v) is 23.2. The zero-order chi connectivity index (χ0) is 27.4. The number of methoxy groups -OCH3 is 2. The standard InChI is InChI=1S/C29H33N5O4S/c1-21(33-16-18-34(19-17-33)39(35,36)24-14-12-23(37-2)13-15-24)28-31-26-10-6-5-9-25(26)29(32-28)30-20-22-8-4-7-11-27(22)38-3/h4-15,21H,16-20H2,1-3H3,(H,30,31,32)/t21-/m0/s1. The summed E-state index contributed by atoms with van der Waals surface area (Å²) in [6, 6.07) is 22.3. The summed E-state index contributed by atoms with van der Waals surface area (Å²) >= 11 is 0. The van der Waals surface area contributed by atoms with Crippen molar-refractivity contribution in [2.45, 2.75) is 24.4 Å². The molecule has 0 bridgehead atoms. The highest BCUT2D eigenvalue weighted by atomic mass is 32.2. The fourth-order valence-corrected chi connectivity index (χ4v) is 6.26. The van der Waals surface area contributed by atoms with Crippen LogP contribution in [0.25, 0.3) is 10.9 Å². The van der Waals surface area contributed by atoms with Crippen LogP contribution in [0.4, 0.5) is 5.82 Å². The van der Waals surface area contributed by atoms with Crippen molar-refractivity contribution in [1.82, 2.24) is 19.2 Å². The molecule has 4 aromatic rings. The van der Waals surface area contributed by atoms with Gasteiger partial charge in [-0.05, 0) is 49.4 Å². The fraction of sp³-hybridized carbons (Fsp3) is 0.310. The number of nitrogens with zero attached hydrogens (tertiary/aromatic N) is 4. The summed E-state index contributed by atoms with van der Waals surface area (Å²) in [5, 5.41) is 4.43. The summed E-state index contributed by atoms with van der Waals surface area (Å²) < 4.78 is 38.6. The monoisotopic (exact) mass is 547 g/mol. The number of piperazine rings is 1. The van der Waals surface area contributed by atoms with Crippen molar-refractivity contribution in [1.29, 1.82) is 0 Å². The largest absolute Gasteiger partial charge is 0.497 e. The van der Waals surface area contributed by atoms with Gasteiger partial charge in [-0.15, -0.1) is 0 Å². The second-order valence-electron chi connectivity index (χ2n) is 9.40. The van der Waals surface area contributed by atoms with Crippen molar-refractivity contribution in [2.75, 3.05) is 45.7 Å². The molecule has 0 spiro atoms. The average molecular weight is 548 g/mol. The molecule has 0 radical (unpaired) electrons. The van der Waals surface area contributed by atoms with Crippen LogP contribution in [-0.2, 0) is 16.6 Å². The summed E-state index contributed by atoms with van der Waals surface area (Å²) in [4.78, 5) is 12.3. The van der Waals surface area contributed by atoms with Gasteiger partial charge in [0.2, 0.25) is 10.0 Å². The van der Waals surface area contributed by atoms with Crippen molar-refractivity contribution in [3.63, 3.8) is 0 Å². The maximum atomic E-state index is 13.2. The van der Waals surface area contributed by atoms with Gasteiger partial charge in [0.25, 0.3) is 0 Å². The third-order valence-corrected chi connectivity index (χ3v) is 9.06. The van der Waals surface area contributed by atoms with Crippen LogP contribution >= 0.6 is 0 Å². The van der Waals surface area contributed by atoms with E-state index in [1.807, 2.05) is 48.5 Å². The number of aromatic nitrogens is 2. The molecule has 39 heavy (non-hydrogen) atoms. The van der Waals surface area contributed by atoms with Gasteiger partial charge >= 0.3 is 0 Å². The molecule has 2 heterocycles. The van der Waals surface area contributed by atoms with E-state index in [1.54, 1.807) is 42.8 Å². The molecule has 204 valence electrons. The predicted octanol–water partition coefficient (Wildman–Crippen LogP) is 4.33. The van der Waals surface area contributed by atoms with Crippen LogP contribution in [0.1, 0.15) is 24.4 Å². The van der Waals surface area contributed by atoms with Crippen molar-refractivity contribution in [2.24, 2.45) is 0 Å². The summed E-state index contributed by atoms with van der Waals surface area (Å²) in [5.74, 6) is 2.90. The molecule has 1 atom stereocenters. The van der Waals surface area contributed by atoms with Crippen molar-refractivity contribution < 1.29 is 17.9 Å². The van der Waals surface area contributed by atoms with Gasteiger partial charge in [0.15, 0.2) is 0 Å². The quantitative estimate of drug-likeness (QED) is 0.331. The van der Waals surface area contributed by atoms with Crippen LogP contribution in [0.2, 0.25) is 0 Å².